The monoisotopic (exact) mass is 557 g/mol. The van der Waals surface area contributed by atoms with Crippen molar-refractivity contribution in [2.75, 3.05) is 49.2 Å². The van der Waals surface area contributed by atoms with Gasteiger partial charge in [0.25, 0.3) is 0 Å². The van der Waals surface area contributed by atoms with Crippen LogP contribution < -0.4 is 20.2 Å². The standard InChI is InChI=1S/C30H35N7O4/c1-3-22(2)37-30(38)36(21-33-37)25-7-5-23(6-8-25)34-15-17-35(18-16-34)24-9-11-26(12-10-24)39-19-27-20-40-29(41-27)28-31-13-4-14-32-28/h4-14,21-22,27,29H,3,15-20H2,1-2H3/t22?,27-,29-/m1/s1. The second kappa shape index (κ2) is 12.1. The van der Waals surface area contributed by atoms with E-state index in [9.17, 15) is 4.79 Å². The van der Waals surface area contributed by atoms with E-state index in [0.29, 0.717) is 19.0 Å². The molecule has 11 heteroatoms. The molecule has 0 amide bonds. The van der Waals surface area contributed by atoms with Crippen LogP contribution in [0.5, 0.6) is 5.75 Å². The molecule has 4 heterocycles. The molecule has 1 unspecified atom stereocenters. The Morgan fingerprint density at radius 3 is 2.17 bits per heavy atom. The van der Waals surface area contributed by atoms with Crippen molar-refractivity contribution in [2.45, 2.75) is 38.7 Å². The van der Waals surface area contributed by atoms with Gasteiger partial charge in [-0.3, -0.25) is 0 Å². The molecule has 2 aliphatic heterocycles. The minimum atomic E-state index is -0.548. The molecule has 214 valence electrons. The SMILES string of the molecule is CCC(C)n1ncn(-c2ccc(N3CCN(c4ccc(OC[C@@H]5CO[C@@H](c6ncccn6)O5)cc4)CC3)cc2)c1=O. The van der Waals surface area contributed by atoms with Crippen LogP contribution in [-0.2, 0) is 9.47 Å². The fourth-order valence-corrected chi connectivity index (χ4v) is 5.06. The topological polar surface area (TPSA) is 99.8 Å². The van der Waals surface area contributed by atoms with Crippen LogP contribution in [0.15, 0.2) is 78.1 Å². The van der Waals surface area contributed by atoms with Gasteiger partial charge in [0.2, 0.25) is 6.29 Å². The second-order valence-corrected chi connectivity index (χ2v) is 10.3. The molecule has 3 atom stereocenters. The molecule has 2 aliphatic rings. The Kier molecular flexibility index (Phi) is 7.97. The highest BCUT2D eigenvalue weighted by molar-refractivity contribution is 5.54. The van der Waals surface area contributed by atoms with E-state index in [-0.39, 0.29) is 17.8 Å². The summed E-state index contributed by atoms with van der Waals surface area (Å²) in [6.45, 7) is 8.55. The minimum Gasteiger partial charge on any atom is -0.491 e. The van der Waals surface area contributed by atoms with Crippen LogP contribution in [0.2, 0.25) is 0 Å². The number of aromatic nitrogens is 5. The quantitative estimate of drug-likeness (QED) is 0.306. The molecule has 2 aromatic carbocycles. The molecule has 2 saturated heterocycles. The molecule has 0 saturated carbocycles. The van der Waals surface area contributed by atoms with Gasteiger partial charge in [0, 0.05) is 49.9 Å². The first-order valence-electron chi connectivity index (χ1n) is 14.1. The lowest BCUT2D eigenvalue weighted by atomic mass is 10.2. The molecule has 6 rings (SSSR count). The number of piperazine rings is 1. The van der Waals surface area contributed by atoms with Crippen LogP contribution >= 0.6 is 0 Å². The summed E-state index contributed by atoms with van der Waals surface area (Å²) in [5.74, 6) is 1.32. The smallest absolute Gasteiger partial charge is 0.350 e. The van der Waals surface area contributed by atoms with E-state index in [4.69, 9.17) is 14.2 Å². The van der Waals surface area contributed by atoms with Crippen molar-refractivity contribution in [3.05, 3.63) is 89.6 Å². The van der Waals surface area contributed by atoms with Crippen LogP contribution in [0.1, 0.15) is 38.4 Å². The lowest BCUT2D eigenvalue weighted by molar-refractivity contribution is -0.0717. The van der Waals surface area contributed by atoms with Gasteiger partial charge in [0.1, 0.15) is 24.8 Å². The third kappa shape index (κ3) is 5.96. The van der Waals surface area contributed by atoms with Gasteiger partial charge < -0.3 is 24.0 Å². The van der Waals surface area contributed by atoms with Crippen molar-refractivity contribution >= 4 is 11.4 Å². The molecule has 2 aromatic heterocycles. The van der Waals surface area contributed by atoms with Crippen molar-refractivity contribution in [1.29, 1.82) is 0 Å². The zero-order valence-electron chi connectivity index (χ0n) is 23.4. The van der Waals surface area contributed by atoms with Crippen LogP contribution in [0.3, 0.4) is 0 Å². The average Bonchev–Trinajstić information content (AvgIpc) is 3.67. The van der Waals surface area contributed by atoms with E-state index < -0.39 is 6.29 Å². The maximum atomic E-state index is 12.7. The predicted octanol–water partition coefficient (Wildman–Crippen LogP) is 3.61. The summed E-state index contributed by atoms with van der Waals surface area (Å²) < 4.78 is 20.7. The summed E-state index contributed by atoms with van der Waals surface area (Å²) in [6.07, 6.45) is 5.09. The molecular weight excluding hydrogens is 522 g/mol. The van der Waals surface area contributed by atoms with Crippen LogP contribution in [0.4, 0.5) is 11.4 Å². The molecule has 0 spiro atoms. The van der Waals surface area contributed by atoms with E-state index in [2.05, 4.69) is 56.1 Å². The molecular formula is C30H35N7O4. The molecule has 0 N–H and O–H groups in total. The van der Waals surface area contributed by atoms with Gasteiger partial charge in [-0.15, -0.1) is 0 Å². The zero-order chi connectivity index (χ0) is 28.2. The van der Waals surface area contributed by atoms with Crippen molar-refractivity contribution < 1.29 is 14.2 Å². The predicted molar refractivity (Wildman–Crippen MR) is 155 cm³/mol. The van der Waals surface area contributed by atoms with Crippen LogP contribution in [-0.4, -0.2) is 69.8 Å². The van der Waals surface area contributed by atoms with Crippen molar-refractivity contribution in [2.24, 2.45) is 0 Å². The zero-order valence-corrected chi connectivity index (χ0v) is 23.4. The number of benzene rings is 2. The Hall–Kier alpha value is -4.22. The van der Waals surface area contributed by atoms with Crippen molar-refractivity contribution in [1.82, 2.24) is 24.3 Å². The van der Waals surface area contributed by atoms with E-state index in [1.54, 1.807) is 34.0 Å². The lowest BCUT2D eigenvalue weighted by Crippen LogP contribution is -2.46. The molecule has 11 nitrogen and oxygen atoms in total. The molecule has 0 radical (unpaired) electrons. The normalized spacial score (nSPS) is 19.9. The fourth-order valence-electron chi connectivity index (χ4n) is 5.06. The van der Waals surface area contributed by atoms with Crippen molar-refractivity contribution in [3.63, 3.8) is 0 Å². The van der Waals surface area contributed by atoms with Gasteiger partial charge in [-0.25, -0.2) is 24.0 Å². The number of anilines is 2. The van der Waals surface area contributed by atoms with Gasteiger partial charge in [-0.05, 0) is 67.9 Å². The van der Waals surface area contributed by atoms with Crippen LogP contribution in [0.25, 0.3) is 5.69 Å². The summed E-state index contributed by atoms with van der Waals surface area (Å²) in [5, 5.41) is 4.29. The highest BCUT2D eigenvalue weighted by atomic mass is 16.7. The minimum absolute atomic E-state index is 0.0777. The second-order valence-electron chi connectivity index (χ2n) is 10.3. The Morgan fingerprint density at radius 2 is 1.54 bits per heavy atom. The lowest BCUT2D eigenvalue weighted by Gasteiger charge is -2.37. The van der Waals surface area contributed by atoms with Gasteiger partial charge >= 0.3 is 5.69 Å². The Bertz CT molecular complexity index is 1470. The van der Waals surface area contributed by atoms with E-state index in [1.165, 1.54) is 5.69 Å². The summed E-state index contributed by atoms with van der Waals surface area (Å²) in [4.78, 5) is 25.9. The molecule has 4 aromatic rings. The summed E-state index contributed by atoms with van der Waals surface area (Å²) in [7, 11) is 0. The number of rotatable bonds is 9. The van der Waals surface area contributed by atoms with E-state index >= 15 is 0 Å². The largest absolute Gasteiger partial charge is 0.491 e. The summed E-state index contributed by atoms with van der Waals surface area (Å²) >= 11 is 0. The van der Waals surface area contributed by atoms with Gasteiger partial charge in [-0.1, -0.05) is 6.92 Å². The molecule has 0 bridgehead atoms. The first-order chi connectivity index (χ1) is 20.1. The Balaban J connectivity index is 0.984. The summed E-state index contributed by atoms with van der Waals surface area (Å²) in [6, 6.07) is 18.2. The van der Waals surface area contributed by atoms with E-state index in [1.807, 2.05) is 31.2 Å². The molecule has 2 fully saturated rings. The van der Waals surface area contributed by atoms with E-state index in [0.717, 1.165) is 49.7 Å². The maximum absolute atomic E-state index is 12.7. The van der Waals surface area contributed by atoms with Crippen molar-refractivity contribution in [3.8, 4) is 11.4 Å². The number of ether oxygens (including phenoxy) is 3. The van der Waals surface area contributed by atoms with Gasteiger partial charge in [0.05, 0.1) is 18.3 Å². The highest BCUT2D eigenvalue weighted by Gasteiger charge is 2.29. The average molecular weight is 558 g/mol. The number of hydrogen-bond donors (Lipinski definition) is 0. The third-order valence-corrected chi connectivity index (χ3v) is 7.66. The third-order valence-electron chi connectivity index (χ3n) is 7.66. The fraction of sp³-hybridized carbons (Fsp3) is 0.400. The number of hydrogen-bond acceptors (Lipinski definition) is 9. The Labute approximate surface area is 238 Å². The summed E-state index contributed by atoms with van der Waals surface area (Å²) in [5.41, 5.74) is 3.04. The molecule has 0 aliphatic carbocycles. The first-order valence-corrected chi connectivity index (χ1v) is 14.1. The Morgan fingerprint density at radius 1 is 0.927 bits per heavy atom. The first kappa shape index (κ1) is 27.0. The molecule has 41 heavy (non-hydrogen) atoms. The van der Waals surface area contributed by atoms with Gasteiger partial charge in [-0.2, -0.15) is 5.10 Å². The highest BCUT2D eigenvalue weighted by Crippen LogP contribution is 2.26. The number of nitrogens with zero attached hydrogens (tertiary/aromatic N) is 7. The van der Waals surface area contributed by atoms with Crippen LogP contribution in [0, 0.1) is 0 Å². The van der Waals surface area contributed by atoms with Gasteiger partial charge in [0.15, 0.2) is 5.82 Å². The maximum Gasteiger partial charge on any atom is 0.350 e.